The van der Waals surface area contributed by atoms with Crippen LogP contribution in [0.3, 0.4) is 0 Å². The largest absolute Gasteiger partial charge is 0.495 e. The monoisotopic (exact) mass is 372 g/mol. The lowest BCUT2D eigenvalue weighted by atomic mass is 10.3. The van der Waals surface area contributed by atoms with E-state index in [1.54, 1.807) is 12.1 Å². The molecule has 0 saturated carbocycles. The zero-order valence-corrected chi connectivity index (χ0v) is 14.6. The van der Waals surface area contributed by atoms with Gasteiger partial charge in [-0.05, 0) is 37.3 Å². The molecule has 0 aliphatic heterocycles. The minimum absolute atomic E-state index is 0.134. The van der Waals surface area contributed by atoms with Gasteiger partial charge < -0.3 is 14.5 Å². The maximum Gasteiger partial charge on any atom is 0.245 e. The predicted molar refractivity (Wildman–Crippen MR) is 88.3 cm³/mol. The van der Waals surface area contributed by atoms with Gasteiger partial charge in [-0.3, -0.25) is 4.79 Å². The number of methoxy groups -OCH3 is 1. The topological polar surface area (TPSA) is 97.6 Å². The Hall–Kier alpha value is -2.03. The van der Waals surface area contributed by atoms with Gasteiger partial charge in [-0.2, -0.15) is 4.72 Å². The van der Waals surface area contributed by atoms with Crippen molar-refractivity contribution in [2.45, 2.75) is 24.4 Å². The Balaban J connectivity index is 2.07. The van der Waals surface area contributed by atoms with Crippen LogP contribution >= 0.6 is 11.6 Å². The van der Waals surface area contributed by atoms with Crippen LogP contribution in [0.5, 0.6) is 5.75 Å². The van der Waals surface area contributed by atoms with Crippen molar-refractivity contribution in [1.29, 1.82) is 0 Å². The summed E-state index contributed by atoms with van der Waals surface area (Å²) in [5.41, 5.74) is 0. The van der Waals surface area contributed by atoms with Gasteiger partial charge in [-0.1, -0.05) is 11.6 Å². The highest BCUT2D eigenvalue weighted by Crippen LogP contribution is 2.27. The van der Waals surface area contributed by atoms with Crippen molar-refractivity contribution in [2.75, 3.05) is 7.11 Å². The zero-order chi connectivity index (χ0) is 17.7. The number of rotatable bonds is 7. The Morgan fingerprint density at radius 1 is 1.38 bits per heavy atom. The quantitative estimate of drug-likeness (QED) is 0.773. The summed E-state index contributed by atoms with van der Waals surface area (Å²) in [5, 5.41) is 2.82. The molecule has 0 spiro atoms. The van der Waals surface area contributed by atoms with Gasteiger partial charge in [0.15, 0.2) is 0 Å². The molecule has 9 heteroatoms. The molecule has 0 radical (unpaired) electrons. The van der Waals surface area contributed by atoms with E-state index >= 15 is 0 Å². The van der Waals surface area contributed by atoms with Crippen LogP contribution in [0.2, 0.25) is 5.02 Å². The van der Waals surface area contributed by atoms with Crippen molar-refractivity contribution in [1.82, 2.24) is 10.0 Å². The second-order valence-corrected chi connectivity index (χ2v) is 7.05. The second-order valence-electron chi connectivity index (χ2n) is 4.94. The number of hydrogen-bond acceptors (Lipinski definition) is 5. The molecule has 0 bridgehead atoms. The predicted octanol–water partition coefficient (Wildman–Crippen LogP) is 1.92. The van der Waals surface area contributed by atoms with Crippen LogP contribution in [0, 0.1) is 0 Å². The van der Waals surface area contributed by atoms with Crippen molar-refractivity contribution in [3.63, 3.8) is 0 Å². The molecule has 2 aromatic rings. The summed E-state index contributed by atoms with van der Waals surface area (Å²) >= 11 is 5.85. The summed E-state index contributed by atoms with van der Waals surface area (Å²) in [6.45, 7) is 1.60. The molecule has 1 aromatic carbocycles. The first-order valence-corrected chi connectivity index (χ1v) is 8.85. The summed E-state index contributed by atoms with van der Waals surface area (Å²) in [4.78, 5) is 11.9. The van der Waals surface area contributed by atoms with Gasteiger partial charge in [0.05, 0.1) is 26.0 Å². The third-order valence-electron chi connectivity index (χ3n) is 3.16. The normalized spacial score (nSPS) is 12.6. The average molecular weight is 373 g/mol. The fourth-order valence-corrected chi connectivity index (χ4v) is 3.59. The Bertz CT molecular complexity index is 805. The summed E-state index contributed by atoms with van der Waals surface area (Å²) in [6.07, 6.45) is 1.49. The number of carbonyl (C=O) groups is 1. The van der Waals surface area contributed by atoms with Crippen molar-refractivity contribution < 1.29 is 22.4 Å². The molecule has 7 nitrogen and oxygen atoms in total. The van der Waals surface area contributed by atoms with Gasteiger partial charge >= 0.3 is 0 Å². The van der Waals surface area contributed by atoms with Gasteiger partial charge in [0.1, 0.15) is 16.4 Å². The van der Waals surface area contributed by atoms with Crippen molar-refractivity contribution in [2.24, 2.45) is 0 Å². The molecule has 0 unspecified atom stereocenters. The van der Waals surface area contributed by atoms with Crippen LogP contribution in [-0.2, 0) is 21.4 Å². The maximum absolute atomic E-state index is 12.5. The molecule has 1 amide bonds. The highest BCUT2D eigenvalue weighted by Gasteiger charge is 2.25. The van der Waals surface area contributed by atoms with Crippen molar-refractivity contribution >= 4 is 27.5 Å². The molecule has 130 valence electrons. The number of carbonyl (C=O) groups excluding carboxylic acids is 1. The first kappa shape index (κ1) is 18.3. The summed E-state index contributed by atoms with van der Waals surface area (Å²) in [6, 6.07) is 6.62. The fourth-order valence-electron chi connectivity index (χ4n) is 1.95. The van der Waals surface area contributed by atoms with E-state index in [4.69, 9.17) is 20.8 Å². The summed E-state index contributed by atoms with van der Waals surface area (Å²) in [7, 11) is -2.64. The van der Waals surface area contributed by atoms with Crippen LogP contribution in [0.15, 0.2) is 45.9 Å². The number of ether oxygens (including phenoxy) is 1. The van der Waals surface area contributed by atoms with Crippen LogP contribution in [0.25, 0.3) is 0 Å². The van der Waals surface area contributed by atoms with E-state index in [9.17, 15) is 13.2 Å². The fraction of sp³-hybridized carbons (Fsp3) is 0.267. The van der Waals surface area contributed by atoms with E-state index in [0.29, 0.717) is 5.76 Å². The van der Waals surface area contributed by atoms with Crippen LogP contribution in [0.1, 0.15) is 12.7 Å². The Morgan fingerprint density at radius 3 is 2.75 bits per heavy atom. The van der Waals surface area contributed by atoms with E-state index in [-0.39, 0.29) is 22.2 Å². The molecule has 2 rings (SSSR count). The molecule has 24 heavy (non-hydrogen) atoms. The molecule has 0 aliphatic rings. The van der Waals surface area contributed by atoms with E-state index in [1.807, 2.05) is 0 Å². The summed E-state index contributed by atoms with van der Waals surface area (Å²) < 4.78 is 37.3. The van der Waals surface area contributed by atoms with Gasteiger partial charge in [0, 0.05) is 5.02 Å². The number of nitrogens with one attached hydrogen (secondary N) is 2. The molecule has 0 saturated heterocycles. The van der Waals surface area contributed by atoms with Crippen molar-refractivity contribution in [3.8, 4) is 5.75 Å². The van der Waals surface area contributed by atoms with Crippen LogP contribution < -0.4 is 14.8 Å². The Labute approximate surface area is 145 Å². The highest BCUT2D eigenvalue weighted by atomic mass is 35.5. The number of halogens is 1. The molecule has 1 aromatic heterocycles. The SMILES string of the molecule is COc1ccc(Cl)cc1S(=O)(=O)N[C@H](C)C(=O)NCc1ccco1. The second kappa shape index (κ2) is 7.69. The smallest absolute Gasteiger partial charge is 0.245 e. The van der Waals surface area contributed by atoms with Crippen LogP contribution in [-0.4, -0.2) is 27.5 Å². The first-order valence-electron chi connectivity index (χ1n) is 6.99. The molecule has 0 fully saturated rings. The molecular formula is C15H17ClN2O5S. The van der Waals surface area contributed by atoms with Crippen LogP contribution in [0.4, 0.5) is 0 Å². The summed E-state index contributed by atoms with van der Waals surface area (Å²) in [5.74, 6) is 0.209. The Kier molecular flexibility index (Phi) is 5.87. The third-order valence-corrected chi connectivity index (χ3v) is 4.95. The first-order chi connectivity index (χ1) is 11.3. The van der Waals surface area contributed by atoms with E-state index in [1.165, 1.54) is 38.5 Å². The Morgan fingerprint density at radius 2 is 2.12 bits per heavy atom. The number of benzene rings is 1. The number of sulfonamides is 1. The van der Waals surface area contributed by atoms with Gasteiger partial charge in [0.25, 0.3) is 0 Å². The zero-order valence-electron chi connectivity index (χ0n) is 13.1. The molecular weight excluding hydrogens is 356 g/mol. The minimum atomic E-state index is -3.99. The minimum Gasteiger partial charge on any atom is -0.495 e. The third kappa shape index (κ3) is 4.50. The number of hydrogen-bond donors (Lipinski definition) is 2. The maximum atomic E-state index is 12.5. The van der Waals surface area contributed by atoms with E-state index in [0.717, 1.165) is 0 Å². The van der Waals surface area contributed by atoms with E-state index in [2.05, 4.69) is 10.0 Å². The molecule has 1 heterocycles. The average Bonchev–Trinajstić information content (AvgIpc) is 3.05. The lowest BCUT2D eigenvalue weighted by Gasteiger charge is -2.15. The lowest BCUT2D eigenvalue weighted by Crippen LogP contribution is -2.44. The lowest BCUT2D eigenvalue weighted by molar-refractivity contribution is -0.122. The number of amides is 1. The van der Waals surface area contributed by atoms with Gasteiger partial charge in [0.2, 0.25) is 15.9 Å². The van der Waals surface area contributed by atoms with Gasteiger partial charge in [-0.25, -0.2) is 8.42 Å². The van der Waals surface area contributed by atoms with Crippen molar-refractivity contribution in [3.05, 3.63) is 47.4 Å². The van der Waals surface area contributed by atoms with E-state index < -0.39 is 22.0 Å². The number of furan rings is 1. The molecule has 0 aliphatic carbocycles. The standard InChI is InChI=1S/C15H17ClN2O5S/c1-10(15(19)17-9-12-4-3-7-23-12)18-24(20,21)14-8-11(16)5-6-13(14)22-2/h3-8,10,18H,9H2,1-2H3,(H,17,19)/t10-/m1/s1. The highest BCUT2D eigenvalue weighted by molar-refractivity contribution is 7.89. The molecule has 2 N–H and O–H groups in total. The van der Waals surface area contributed by atoms with Gasteiger partial charge in [-0.15, -0.1) is 0 Å². The molecule has 1 atom stereocenters.